The molecule has 1 aromatic rings. The van der Waals surface area contributed by atoms with E-state index in [0.29, 0.717) is 11.8 Å². The first-order valence-electron chi connectivity index (χ1n) is 6.74. The van der Waals surface area contributed by atoms with E-state index in [2.05, 4.69) is 25.2 Å². The molecule has 102 valence electrons. The van der Waals surface area contributed by atoms with Crippen LogP contribution in [0.1, 0.15) is 37.7 Å². The largest absolute Gasteiger partial charge is 0.372 e. The molecule has 1 saturated heterocycles. The Morgan fingerprint density at radius 1 is 1.50 bits per heavy atom. The molecule has 2 atom stereocenters. The first-order valence-corrected chi connectivity index (χ1v) is 7.94. The highest BCUT2D eigenvalue weighted by Gasteiger charge is 2.28. The van der Waals surface area contributed by atoms with E-state index >= 15 is 0 Å². The summed E-state index contributed by atoms with van der Waals surface area (Å²) in [6.45, 7) is 7.47. The van der Waals surface area contributed by atoms with E-state index in [1.165, 1.54) is 17.7 Å². The van der Waals surface area contributed by atoms with Gasteiger partial charge in [-0.05, 0) is 37.4 Å². The van der Waals surface area contributed by atoms with Crippen molar-refractivity contribution in [2.75, 3.05) is 19.7 Å². The van der Waals surface area contributed by atoms with Crippen LogP contribution < -0.4 is 5.32 Å². The number of hydrogen-bond donors (Lipinski definition) is 1. The molecule has 18 heavy (non-hydrogen) atoms. The zero-order valence-electron chi connectivity index (χ0n) is 11.1. The number of rotatable bonds is 5. The highest BCUT2D eigenvalue weighted by Crippen LogP contribution is 2.38. The van der Waals surface area contributed by atoms with Gasteiger partial charge in [0.05, 0.1) is 10.4 Å². The molecule has 2 rings (SSSR count). The maximum atomic E-state index is 6.02. The molecule has 4 heteroatoms. The molecule has 0 radical (unpaired) electrons. The molecule has 1 aromatic heterocycles. The molecule has 0 saturated carbocycles. The van der Waals surface area contributed by atoms with Gasteiger partial charge in [0.1, 0.15) is 0 Å². The third kappa shape index (κ3) is 3.95. The molecule has 0 bridgehead atoms. The molecule has 1 aliphatic rings. The maximum absolute atomic E-state index is 6.02. The molecule has 0 spiro atoms. The SMILES string of the molecule is CC(C)CNCC1CCCOC1c1ccc(Cl)s1. The molecule has 2 unspecified atom stereocenters. The Kier molecular flexibility index (Phi) is 5.49. The monoisotopic (exact) mass is 287 g/mol. The van der Waals surface area contributed by atoms with Gasteiger partial charge in [-0.15, -0.1) is 11.3 Å². The second-order valence-electron chi connectivity index (χ2n) is 5.39. The average Bonchev–Trinajstić information content (AvgIpc) is 2.76. The van der Waals surface area contributed by atoms with Crippen molar-refractivity contribution in [2.24, 2.45) is 11.8 Å². The summed E-state index contributed by atoms with van der Waals surface area (Å²) >= 11 is 7.67. The van der Waals surface area contributed by atoms with Crippen molar-refractivity contribution in [3.8, 4) is 0 Å². The zero-order valence-corrected chi connectivity index (χ0v) is 12.7. The Morgan fingerprint density at radius 3 is 3.00 bits per heavy atom. The molecule has 1 N–H and O–H groups in total. The summed E-state index contributed by atoms with van der Waals surface area (Å²) in [4.78, 5) is 1.27. The van der Waals surface area contributed by atoms with Gasteiger partial charge in [-0.3, -0.25) is 0 Å². The fourth-order valence-electron chi connectivity index (χ4n) is 2.41. The molecule has 0 aromatic carbocycles. The predicted molar refractivity (Wildman–Crippen MR) is 78.5 cm³/mol. The Bertz CT molecular complexity index is 366. The summed E-state index contributed by atoms with van der Waals surface area (Å²) in [6.07, 6.45) is 2.64. The summed E-state index contributed by atoms with van der Waals surface area (Å²) in [6, 6.07) is 4.08. The van der Waals surface area contributed by atoms with E-state index < -0.39 is 0 Å². The van der Waals surface area contributed by atoms with E-state index in [1.54, 1.807) is 11.3 Å². The van der Waals surface area contributed by atoms with Crippen LogP contribution in [0.4, 0.5) is 0 Å². The summed E-state index contributed by atoms with van der Waals surface area (Å²) < 4.78 is 6.81. The van der Waals surface area contributed by atoms with Gasteiger partial charge < -0.3 is 10.1 Å². The molecular weight excluding hydrogens is 266 g/mol. The number of halogens is 1. The van der Waals surface area contributed by atoms with E-state index in [9.17, 15) is 0 Å². The van der Waals surface area contributed by atoms with E-state index in [-0.39, 0.29) is 6.10 Å². The highest BCUT2D eigenvalue weighted by atomic mass is 35.5. The summed E-state index contributed by atoms with van der Waals surface area (Å²) in [7, 11) is 0. The third-order valence-corrected chi connectivity index (χ3v) is 4.57. The van der Waals surface area contributed by atoms with Crippen molar-refractivity contribution in [3.05, 3.63) is 21.3 Å². The molecule has 0 aliphatic carbocycles. The first kappa shape index (κ1) is 14.3. The van der Waals surface area contributed by atoms with Gasteiger partial charge in [-0.1, -0.05) is 25.4 Å². The molecule has 1 fully saturated rings. The van der Waals surface area contributed by atoms with Gasteiger partial charge in [0.2, 0.25) is 0 Å². The summed E-state index contributed by atoms with van der Waals surface area (Å²) in [5.41, 5.74) is 0. The van der Waals surface area contributed by atoms with Gasteiger partial charge in [0.15, 0.2) is 0 Å². The van der Waals surface area contributed by atoms with Crippen LogP contribution in [-0.2, 0) is 4.74 Å². The van der Waals surface area contributed by atoms with Crippen LogP contribution in [0.5, 0.6) is 0 Å². The van der Waals surface area contributed by atoms with Crippen molar-refractivity contribution in [1.82, 2.24) is 5.32 Å². The van der Waals surface area contributed by atoms with Crippen LogP contribution in [0.3, 0.4) is 0 Å². The van der Waals surface area contributed by atoms with E-state index in [0.717, 1.165) is 24.0 Å². The minimum atomic E-state index is 0.232. The van der Waals surface area contributed by atoms with Crippen molar-refractivity contribution in [3.63, 3.8) is 0 Å². The third-order valence-electron chi connectivity index (χ3n) is 3.28. The van der Waals surface area contributed by atoms with Crippen LogP contribution in [0, 0.1) is 11.8 Å². The molecule has 2 nitrogen and oxygen atoms in total. The minimum Gasteiger partial charge on any atom is -0.372 e. The lowest BCUT2D eigenvalue weighted by molar-refractivity contribution is -0.0257. The van der Waals surface area contributed by atoms with Gasteiger partial charge in [-0.25, -0.2) is 0 Å². The highest BCUT2D eigenvalue weighted by molar-refractivity contribution is 7.16. The van der Waals surface area contributed by atoms with Crippen molar-refractivity contribution < 1.29 is 4.74 Å². The number of ether oxygens (including phenoxy) is 1. The van der Waals surface area contributed by atoms with Crippen LogP contribution >= 0.6 is 22.9 Å². The Labute approximate surface area is 119 Å². The van der Waals surface area contributed by atoms with Crippen LogP contribution in [0.2, 0.25) is 4.34 Å². The quantitative estimate of drug-likeness (QED) is 0.880. The maximum Gasteiger partial charge on any atom is 0.0957 e. The van der Waals surface area contributed by atoms with E-state index in [4.69, 9.17) is 16.3 Å². The van der Waals surface area contributed by atoms with Gasteiger partial charge in [-0.2, -0.15) is 0 Å². The zero-order chi connectivity index (χ0) is 13.0. The van der Waals surface area contributed by atoms with Gasteiger partial charge in [0, 0.05) is 23.9 Å². The molecule has 0 amide bonds. The fraction of sp³-hybridized carbons (Fsp3) is 0.714. The second kappa shape index (κ2) is 6.90. The number of thiophene rings is 1. The second-order valence-corrected chi connectivity index (χ2v) is 7.13. The van der Waals surface area contributed by atoms with E-state index in [1.807, 2.05) is 6.07 Å². The Morgan fingerprint density at radius 2 is 2.33 bits per heavy atom. The summed E-state index contributed by atoms with van der Waals surface area (Å²) in [5.74, 6) is 1.27. The molecular formula is C14H22ClNOS. The molecule has 2 heterocycles. The smallest absolute Gasteiger partial charge is 0.0957 e. The predicted octanol–water partition coefficient (Wildman–Crippen LogP) is 4.11. The lowest BCUT2D eigenvalue weighted by atomic mass is 9.93. The Balaban J connectivity index is 1.93. The van der Waals surface area contributed by atoms with Crippen LogP contribution in [-0.4, -0.2) is 19.7 Å². The van der Waals surface area contributed by atoms with Crippen LogP contribution in [0.15, 0.2) is 12.1 Å². The Hall–Kier alpha value is -0.0900. The van der Waals surface area contributed by atoms with Crippen molar-refractivity contribution in [2.45, 2.75) is 32.8 Å². The van der Waals surface area contributed by atoms with Gasteiger partial charge in [0.25, 0.3) is 0 Å². The minimum absolute atomic E-state index is 0.232. The topological polar surface area (TPSA) is 21.3 Å². The van der Waals surface area contributed by atoms with Crippen molar-refractivity contribution in [1.29, 1.82) is 0 Å². The first-order chi connectivity index (χ1) is 8.66. The van der Waals surface area contributed by atoms with Crippen molar-refractivity contribution >= 4 is 22.9 Å². The fourth-order valence-corrected chi connectivity index (χ4v) is 3.61. The lowest BCUT2D eigenvalue weighted by Gasteiger charge is -2.31. The lowest BCUT2D eigenvalue weighted by Crippen LogP contribution is -2.33. The standard InChI is InChI=1S/C14H22ClNOS/c1-10(2)8-16-9-11-4-3-7-17-14(11)12-5-6-13(15)18-12/h5-6,10-11,14,16H,3-4,7-9H2,1-2H3. The van der Waals surface area contributed by atoms with Crippen LogP contribution in [0.25, 0.3) is 0 Å². The van der Waals surface area contributed by atoms with Gasteiger partial charge >= 0.3 is 0 Å². The number of nitrogens with one attached hydrogen (secondary N) is 1. The number of hydrogen-bond acceptors (Lipinski definition) is 3. The summed E-state index contributed by atoms with van der Waals surface area (Å²) in [5, 5.41) is 3.55. The average molecular weight is 288 g/mol. The normalized spacial score (nSPS) is 24.7. The molecule has 1 aliphatic heterocycles.